The Hall–Kier alpha value is -1.30. The summed E-state index contributed by atoms with van der Waals surface area (Å²) < 4.78 is 4.94. The highest BCUT2D eigenvalue weighted by atomic mass is 16.5. The first-order valence-electron chi connectivity index (χ1n) is 5.12. The quantitative estimate of drug-likeness (QED) is 0.752. The number of hydrogen-bond donors (Lipinski definition) is 2. The molecular formula is C10H17NO5. The molecule has 6 heteroatoms. The first-order chi connectivity index (χ1) is 7.40. The molecule has 1 rings (SSSR count). The molecule has 1 aliphatic rings. The maximum absolute atomic E-state index is 11.1. The van der Waals surface area contributed by atoms with Crippen LogP contribution in [0.4, 0.5) is 4.79 Å². The fraction of sp³-hybridized carbons (Fsp3) is 0.800. The van der Waals surface area contributed by atoms with Crippen molar-refractivity contribution in [1.82, 2.24) is 4.90 Å². The van der Waals surface area contributed by atoms with Gasteiger partial charge in [-0.25, -0.2) is 4.79 Å². The third kappa shape index (κ3) is 2.44. The van der Waals surface area contributed by atoms with E-state index < -0.39 is 17.5 Å². The van der Waals surface area contributed by atoms with Gasteiger partial charge in [0.05, 0.1) is 18.1 Å². The second-order valence-corrected chi connectivity index (χ2v) is 4.42. The lowest BCUT2D eigenvalue weighted by Gasteiger charge is -2.41. The molecule has 0 aliphatic carbocycles. The van der Waals surface area contributed by atoms with Gasteiger partial charge in [0.1, 0.15) is 0 Å². The average Bonchev–Trinajstić information content (AvgIpc) is 2.20. The van der Waals surface area contributed by atoms with E-state index in [2.05, 4.69) is 0 Å². The van der Waals surface area contributed by atoms with E-state index in [-0.39, 0.29) is 12.6 Å². The monoisotopic (exact) mass is 231 g/mol. The van der Waals surface area contributed by atoms with Crippen LogP contribution in [0.15, 0.2) is 0 Å². The van der Waals surface area contributed by atoms with Gasteiger partial charge in [0.2, 0.25) is 0 Å². The number of piperidine rings is 1. The standard InChI is InChI=1S/C10H17NO5/c1-10(8(12)13)4-3-7(5-16-2)11(6-10)9(14)15/h7H,3-6H2,1-2H3,(H,12,13)(H,14,15). The fourth-order valence-electron chi connectivity index (χ4n) is 1.99. The normalized spacial score (nSPS) is 30.1. The van der Waals surface area contributed by atoms with Gasteiger partial charge in [-0.15, -0.1) is 0 Å². The van der Waals surface area contributed by atoms with Gasteiger partial charge in [0.25, 0.3) is 0 Å². The minimum Gasteiger partial charge on any atom is -0.481 e. The van der Waals surface area contributed by atoms with Crippen LogP contribution in [0.2, 0.25) is 0 Å². The minimum absolute atomic E-state index is 0.0195. The van der Waals surface area contributed by atoms with Gasteiger partial charge in [-0.3, -0.25) is 4.79 Å². The molecule has 0 aromatic heterocycles. The number of nitrogens with zero attached hydrogens (tertiary/aromatic N) is 1. The van der Waals surface area contributed by atoms with Crippen LogP contribution >= 0.6 is 0 Å². The molecule has 0 spiro atoms. The Balaban J connectivity index is 2.80. The van der Waals surface area contributed by atoms with Gasteiger partial charge >= 0.3 is 12.1 Å². The van der Waals surface area contributed by atoms with Crippen molar-refractivity contribution in [1.29, 1.82) is 0 Å². The summed E-state index contributed by atoms with van der Waals surface area (Å²) in [5, 5.41) is 18.1. The summed E-state index contributed by atoms with van der Waals surface area (Å²) in [5.74, 6) is -0.949. The number of aliphatic carboxylic acids is 1. The van der Waals surface area contributed by atoms with E-state index in [1.165, 1.54) is 12.0 Å². The highest BCUT2D eigenvalue weighted by molar-refractivity contribution is 5.76. The van der Waals surface area contributed by atoms with Crippen LogP contribution in [0.5, 0.6) is 0 Å². The zero-order chi connectivity index (χ0) is 12.3. The molecule has 0 aromatic carbocycles. The summed E-state index contributed by atoms with van der Waals surface area (Å²) in [7, 11) is 1.50. The molecule has 6 nitrogen and oxygen atoms in total. The maximum atomic E-state index is 11.1. The Morgan fingerprint density at radius 2 is 2.12 bits per heavy atom. The lowest BCUT2D eigenvalue weighted by Crippen LogP contribution is -2.54. The minimum atomic E-state index is -1.09. The summed E-state index contributed by atoms with van der Waals surface area (Å²) in [6.45, 7) is 1.90. The van der Waals surface area contributed by atoms with Crippen LogP contribution in [-0.4, -0.2) is 53.5 Å². The molecule has 1 amide bonds. The second kappa shape index (κ2) is 4.69. The van der Waals surface area contributed by atoms with E-state index in [0.717, 1.165) is 0 Å². The molecule has 0 bridgehead atoms. The van der Waals surface area contributed by atoms with Crippen LogP contribution < -0.4 is 0 Å². The SMILES string of the molecule is COCC1CCC(C)(C(=O)O)CN1C(=O)O. The largest absolute Gasteiger partial charge is 0.481 e. The molecule has 1 fully saturated rings. The predicted molar refractivity (Wildman–Crippen MR) is 55.4 cm³/mol. The lowest BCUT2D eigenvalue weighted by molar-refractivity contribution is -0.152. The highest BCUT2D eigenvalue weighted by Crippen LogP contribution is 2.33. The average molecular weight is 231 g/mol. The zero-order valence-electron chi connectivity index (χ0n) is 9.47. The summed E-state index contributed by atoms with van der Waals surface area (Å²) >= 11 is 0. The fourth-order valence-corrected chi connectivity index (χ4v) is 1.99. The number of carbonyl (C=O) groups is 2. The van der Waals surface area contributed by atoms with E-state index in [1.54, 1.807) is 6.92 Å². The van der Waals surface area contributed by atoms with Crippen molar-refractivity contribution in [3.8, 4) is 0 Å². The molecule has 92 valence electrons. The third-order valence-electron chi connectivity index (χ3n) is 3.11. The summed E-state index contributed by atoms with van der Waals surface area (Å²) in [5.41, 5.74) is -0.984. The number of hydrogen-bond acceptors (Lipinski definition) is 3. The van der Waals surface area contributed by atoms with Crippen molar-refractivity contribution in [2.24, 2.45) is 5.41 Å². The van der Waals surface area contributed by atoms with Crippen LogP contribution in [-0.2, 0) is 9.53 Å². The summed E-state index contributed by atoms with van der Waals surface area (Å²) in [6, 6.07) is -0.241. The van der Waals surface area contributed by atoms with Gasteiger partial charge in [0.15, 0.2) is 0 Å². The molecule has 2 N–H and O–H groups in total. The Morgan fingerprint density at radius 1 is 1.50 bits per heavy atom. The number of amides is 1. The van der Waals surface area contributed by atoms with E-state index in [4.69, 9.17) is 14.9 Å². The zero-order valence-corrected chi connectivity index (χ0v) is 9.47. The molecule has 1 heterocycles. The first-order valence-corrected chi connectivity index (χ1v) is 5.12. The Bertz CT molecular complexity index is 293. The van der Waals surface area contributed by atoms with Crippen molar-refractivity contribution >= 4 is 12.1 Å². The van der Waals surface area contributed by atoms with Gasteiger partial charge in [-0.2, -0.15) is 0 Å². The third-order valence-corrected chi connectivity index (χ3v) is 3.11. The van der Waals surface area contributed by atoms with Gasteiger partial charge in [-0.05, 0) is 19.8 Å². The van der Waals surface area contributed by atoms with E-state index in [1.807, 2.05) is 0 Å². The lowest BCUT2D eigenvalue weighted by atomic mass is 9.79. The number of methoxy groups -OCH3 is 1. The van der Waals surface area contributed by atoms with Gasteiger partial charge in [-0.1, -0.05) is 0 Å². The predicted octanol–water partition coefficient (Wildman–Crippen LogP) is 0.866. The smallest absolute Gasteiger partial charge is 0.407 e. The number of carboxylic acids is 1. The van der Waals surface area contributed by atoms with Crippen molar-refractivity contribution in [2.75, 3.05) is 20.3 Å². The van der Waals surface area contributed by atoms with Crippen LogP contribution in [0.3, 0.4) is 0 Å². The van der Waals surface area contributed by atoms with Crippen LogP contribution in [0.1, 0.15) is 19.8 Å². The van der Waals surface area contributed by atoms with Crippen molar-refractivity contribution in [3.05, 3.63) is 0 Å². The number of rotatable bonds is 3. The Labute approximate surface area is 93.8 Å². The second-order valence-electron chi connectivity index (χ2n) is 4.42. The number of ether oxygens (including phenoxy) is 1. The van der Waals surface area contributed by atoms with Gasteiger partial charge < -0.3 is 19.8 Å². The van der Waals surface area contributed by atoms with Crippen molar-refractivity contribution in [3.63, 3.8) is 0 Å². The molecule has 1 saturated heterocycles. The van der Waals surface area contributed by atoms with Crippen LogP contribution in [0.25, 0.3) is 0 Å². The van der Waals surface area contributed by atoms with E-state index >= 15 is 0 Å². The van der Waals surface area contributed by atoms with Crippen molar-refractivity contribution in [2.45, 2.75) is 25.8 Å². The molecule has 1 aliphatic heterocycles. The molecule has 0 radical (unpaired) electrons. The van der Waals surface area contributed by atoms with E-state index in [9.17, 15) is 9.59 Å². The Kier molecular flexibility index (Phi) is 3.74. The summed E-state index contributed by atoms with van der Waals surface area (Å²) in [6.07, 6.45) is -0.0995. The molecule has 0 aromatic rings. The molecule has 2 unspecified atom stereocenters. The molecule has 2 atom stereocenters. The Morgan fingerprint density at radius 3 is 2.56 bits per heavy atom. The number of likely N-dealkylation sites (tertiary alicyclic amines) is 1. The molecule has 16 heavy (non-hydrogen) atoms. The topological polar surface area (TPSA) is 87.1 Å². The summed E-state index contributed by atoms with van der Waals surface area (Å²) in [4.78, 5) is 23.3. The molecule has 0 saturated carbocycles. The molecular weight excluding hydrogens is 214 g/mol. The number of carboxylic acid groups (broad SMARTS) is 2. The van der Waals surface area contributed by atoms with Crippen molar-refractivity contribution < 1.29 is 24.5 Å². The van der Waals surface area contributed by atoms with E-state index in [0.29, 0.717) is 19.4 Å². The van der Waals surface area contributed by atoms with Gasteiger partial charge in [0, 0.05) is 13.7 Å². The maximum Gasteiger partial charge on any atom is 0.407 e. The van der Waals surface area contributed by atoms with Crippen LogP contribution in [0, 0.1) is 5.41 Å². The first kappa shape index (κ1) is 12.8. The highest BCUT2D eigenvalue weighted by Gasteiger charge is 2.43.